The summed E-state index contributed by atoms with van der Waals surface area (Å²) in [7, 11) is 0. The van der Waals surface area contributed by atoms with E-state index in [9.17, 15) is 9.18 Å². The molecular weight excluding hydrogens is 493 g/mol. The number of hydrogen-bond donors (Lipinski definition) is 1. The molecule has 0 spiro atoms. The van der Waals surface area contributed by atoms with Gasteiger partial charge in [0, 0.05) is 28.7 Å². The van der Waals surface area contributed by atoms with Crippen molar-refractivity contribution < 1.29 is 9.18 Å². The fourth-order valence-electron chi connectivity index (χ4n) is 3.67. The van der Waals surface area contributed by atoms with E-state index >= 15 is 0 Å². The van der Waals surface area contributed by atoms with Crippen molar-refractivity contribution in [1.29, 1.82) is 0 Å². The van der Waals surface area contributed by atoms with Gasteiger partial charge in [-0.3, -0.25) is 9.36 Å². The van der Waals surface area contributed by atoms with E-state index in [0.29, 0.717) is 16.7 Å². The lowest BCUT2D eigenvalue weighted by Gasteiger charge is -2.11. The van der Waals surface area contributed by atoms with Crippen LogP contribution in [-0.2, 0) is 11.2 Å². The number of nitrogens with one attached hydrogen (secondary N) is 1. The normalized spacial score (nSPS) is 10.9. The fraction of sp³-hybridized carbons (Fsp3) is 0.111. The number of carbonyl (C=O) groups excluding carboxylic acids is 1. The van der Waals surface area contributed by atoms with Gasteiger partial charge in [-0.25, -0.2) is 9.37 Å². The Morgan fingerprint density at radius 1 is 1.03 bits per heavy atom. The Balaban J connectivity index is 1.29. The molecule has 5 aromatic rings. The third-order valence-corrected chi connectivity index (χ3v) is 7.19. The molecule has 0 atom stereocenters. The van der Waals surface area contributed by atoms with Gasteiger partial charge in [-0.05, 0) is 42.3 Å². The number of carbonyl (C=O) groups is 1. The number of aryl methyl sites for hydroxylation is 1. The zero-order chi connectivity index (χ0) is 24.9. The van der Waals surface area contributed by atoms with Crippen LogP contribution in [0.15, 0.2) is 90.2 Å². The highest BCUT2D eigenvalue weighted by molar-refractivity contribution is 7.99. The van der Waals surface area contributed by atoms with Gasteiger partial charge in [0.2, 0.25) is 5.91 Å². The van der Waals surface area contributed by atoms with Crippen molar-refractivity contribution in [3.63, 3.8) is 0 Å². The zero-order valence-electron chi connectivity index (χ0n) is 19.4. The summed E-state index contributed by atoms with van der Waals surface area (Å²) in [6.07, 6.45) is 2.36. The lowest BCUT2D eigenvalue weighted by atomic mass is 10.1. The first kappa shape index (κ1) is 23.9. The maximum absolute atomic E-state index is 13.1. The Labute approximate surface area is 216 Å². The molecule has 0 saturated heterocycles. The molecule has 3 aromatic carbocycles. The van der Waals surface area contributed by atoms with Crippen LogP contribution < -0.4 is 5.32 Å². The van der Waals surface area contributed by atoms with E-state index in [4.69, 9.17) is 0 Å². The molecule has 36 heavy (non-hydrogen) atoms. The van der Waals surface area contributed by atoms with E-state index < -0.39 is 0 Å². The highest BCUT2D eigenvalue weighted by Crippen LogP contribution is 2.29. The van der Waals surface area contributed by atoms with Gasteiger partial charge in [-0.1, -0.05) is 66.4 Å². The molecule has 2 heterocycles. The third kappa shape index (κ3) is 5.69. The van der Waals surface area contributed by atoms with Crippen LogP contribution >= 0.6 is 23.1 Å². The topological polar surface area (TPSA) is 72.7 Å². The van der Waals surface area contributed by atoms with E-state index in [0.717, 1.165) is 33.1 Å². The standard InChI is InChI=1S/C27H22FN5OS2/c1-18-6-5-9-22(14-18)33-25(20-7-3-2-4-8-20)31-32-27(33)35-17-24(34)30-26-29-16-23(36-26)15-19-10-12-21(28)13-11-19/h2-14,16H,15,17H2,1H3,(H,29,30,34). The summed E-state index contributed by atoms with van der Waals surface area (Å²) < 4.78 is 15.1. The third-order valence-electron chi connectivity index (χ3n) is 5.35. The van der Waals surface area contributed by atoms with Gasteiger partial charge >= 0.3 is 0 Å². The Bertz CT molecular complexity index is 1480. The number of aromatic nitrogens is 4. The number of hydrogen-bond acceptors (Lipinski definition) is 6. The van der Waals surface area contributed by atoms with E-state index in [1.165, 1.54) is 35.2 Å². The summed E-state index contributed by atoms with van der Waals surface area (Å²) in [6, 6.07) is 24.3. The Hall–Kier alpha value is -3.82. The molecule has 0 aliphatic heterocycles. The molecule has 2 aromatic heterocycles. The van der Waals surface area contributed by atoms with Crippen molar-refractivity contribution in [2.45, 2.75) is 18.5 Å². The van der Waals surface area contributed by atoms with Crippen LogP contribution in [0.2, 0.25) is 0 Å². The van der Waals surface area contributed by atoms with Gasteiger partial charge in [-0.2, -0.15) is 0 Å². The predicted octanol–water partition coefficient (Wildman–Crippen LogP) is 6.16. The number of benzene rings is 3. The fourth-order valence-corrected chi connectivity index (χ4v) is 5.29. The molecular formula is C27H22FN5OS2. The summed E-state index contributed by atoms with van der Waals surface area (Å²) in [5.41, 5.74) is 3.98. The minimum Gasteiger partial charge on any atom is -0.301 e. The second-order valence-electron chi connectivity index (χ2n) is 8.12. The van der Waals surface area contributed by atoms with Crippen LogP contribution in [-0.4, -0.2) is 31.4 Å². The van der Waals surface area contributed by atoms with Crippen LogP contribution in [0.4, 0.5) is 9.52 Å². The molecule has 0 aliphatic carbocycles. The molecule has 0 saturated carbocycles. The number of thioether (sulfide) groups is 1. The number of anilines is 1. The zero-order valence-corrected chi connectivity index (χ0v) is 21.0. The van der Waals surface area contributed by atoms with Gasteiger partial charge in [0.15, 0.2) is 16.1 Å². The summed E-state index contributed by atoms with van der Waals surface area (Å²) in [5.74, 6) is 0.436. The summed E-state index contributed by atoms with van der Waals surface area (Å²) in [6.45, 7) is 2.04. The average molecular weight is 516 g/mol. The van der Waals surface area contributed by atoms with Crippen molar-refractivity contribution in [3.8, 4) is 17.1 Å². The van der Waals surface area contributed by atoms with Gasteiger partial charge in [0.05, 0.1) is 5.75 Å². The lowest BCUT2D eigenvalue weighted by molar-refractivity contribution is -0.113. The number of nitrogens with zero attached hydrogens (tertiary/aromatic N) is 4. The van der Waals surface area contributed by atoms with Gasteiger partial charge in [-0.15, -0.1) is 21.5 Å². The minimum absolute atomic E-state index is 0.158. The maximum atomic E-state index is 13.1. The molecule has 180 valence electrons. The Morgan fingerprint density at radius 2 is 1.83 bits per heavy atom. The number of amides is 1. The molecule has 0 aliphatic rings. The van der Waals surface area contributed by atoms with Gasteiger partial charge < -0.3 is 5.32 Å². The van der Waals surface area contributed by atoms with Crippen molar-refractivity contribution in [2.24, 2.45) is 0 Å². The molecule has 1 amide bonds. The first-order chi connectivity index (χ1) is 17.5. The highest BCUT2D eigenvalue weighted by Gasteiger charge is 2.18. The number of thiazole rings is 1. The van der Waals surface area contributed by atoms with Gasteiger partial charge in [0.25, 0.3) is 0 Å². The SMILES string of the molecule is Cc1cccc(-n2c(SCC(=O)Nc3ncc(Cc4ccc(F)cc4)s3)nnc2-c2ccccc2)c1. The van der Waals surface area contributed by atoms with Crippen LogP contribution in [0.25, 0.3) is 17.1 Å². The second kappa shape index (κ2) is 10.8. The molecule has 6 nitrogen and oxygen atoms in total. The average Bonchev–Trinajstić information content (AvgIpc) is 3.51. The summed E-state index contributed by atoms with van der Waals surface area (Å²) in [4.78, 5) is 18.0. The van der Waals surface area contributed by atoms with Crippen LogP contribution in [0, 0.1) is 12.7 Å². The lowest BCUT2D eigenvalue weighted by Crippen LogP contribution is -2.14. The second-order valence-corrected chi connectivity index (χ2v) is 10.2. The summed E-state index contributed by atoms with van der Waals surface area (Å²) in [5, 5.41) is 12.8. The minimum atomic E-state index is -0.261. The van der Waals surface area contributed by atoms with Crippen LogP contribution in [0.5, 0.6) is 0 Å². The van der Waals surface area contributed by atoms with Crippen molar-refractivity contribution in [1.82, 2.24) is 19.7 Å². The largest absolute Gasteiger partial charge is 0.301 e. The molecule has 0 fully saturated rings. The van der Waals surface area contributed by atoms with E-state index in [-0.39, 0.29) is 17.5 Å². The number of rotatable bonds is 8. The molecule has 5 rings (SSSR count). The van der Waals surface area contributed by atoms with E-state index in [1.54, 1.807) is 18.3 Å². The van der Waals surface area contributed by atoms with Gasteiger partial charge in [0.1, 0.15) is 5.82 Å². The monoisotopic (exact) mass is 515 g/mol. The van der Waals surface area contributed by atoms with E-state index in [1.807, 2.05) is 60.0 Å². The first-order valence-electron chi connectivity index (χ1n) is 11.2. The summed E-state index contributed by atoms with van der Waals surface area (Å²) >= 11 is 2.73. The maximum Gasteiger partial charge on any atom is 0.236 e. The molecule has 1 N–H and O–H groups in total. The van der Waals surface area contributed by atoms with Crippen molar-refractivity contribution in [2.75, 3.05) is 11.1 Å². The number of halogens is 1. The smallest absolute Gasteiger partial charge is 0.236 e. The van der Waals surface area contributed by atoms with Crippen molar-refractivity contribution >= 4 is 34.1 Å². The van der Waals surface area contributed by atoms with Crippen LogP contribution in [0.1, 0.15) is 16.0 Å². The Morgan fingerprint density at radius 3 is 2.61 bits per heavy atom. The molecule has 0 bridgehead atoms. The predicted molar refractivity (Wildman–Crippen MR) is 142 cm³/mol. The molecule has 0 unspecified atom stereocenters. The Kier molecular flexibility index (Phi) is 7.20. The van der Waals surface area contributed by atoms with Crippen molar-refractivity contribution in [3.05, 3.63) is 107 Å². The first-order valence-corrected chi connectivity index (χ1v) is 13.0. The van der Waals surface area contributed by atoms with Crippen LogP contribution in [0.3, 0.4) is 0 Å². The quantitative estimate of drug-likeness (QED) is 0.251. The molecule has 0 radical (unpaired) electrons. The highest BCUT2D eigenvalue weighted by atomic mass is 32.2. The molecule has 9 heteroatoms. The van der Waals surface area contributed by atoms with E-state index in [2.05, 4.69) is 26.6 Å².